The fraction of sp³-hybridized carbons (Fsp3) is 0.350. The van der Waals surface area contributed by atoms with Gasteiger partial charge in [-0.15, -0.1) is 0 Å². The Morgan fingerprint density at radius 2 is 1.54 bits per heavy atom. The van der Waals surface area contributed by atoms with Gasteiger partial charge < -0.3 is 10.6 Å². The highest BCUT2D eigenvalue weighted by molar-refractivity contribution is 7.80. The second-order valence-corrected chi connectivity index (χ2v) is 7.22. The summed E-state index contributed by atoms with van der Waals surface area (Å²) in [6.07, 6.45) is -0.153. The lowest BCUT2D eigenvalue weighted by molar-refractivity contribution is -0.137. The third kappa shape index (κ3) is 4.18. The molecule has 2 nitrogen and oxygen atoms in total. The Balaban J connectivity index is 1.72. The summed E-state index contributed by atoms with van der Waals surface area (Å²) in [5.41, 5.74) is 2.04. The molecule has 138 valence electrons. The van der Waals surface area contributed by atoms with Gasteiger partial charge in [0.1, 0.15) is 0 Å². The highest BCUT2D eigenvalue weighted by atomic mass is 32.1. The molecule has 0 unspecified atom stereocenters. The lowest BCUT2D eigenvalue weighted by atomic mass is 9.88. The summed E-state index contributed by atoms with van der Waals surface area (Å²) in [4.78, 5) is 0. The van der Waals surface area contributed by atoms with Gasteiger partial charge in [-0.3, -0.25) is 0 Å². The molecule has 2 aromatic carbocycles. The number of hydrogen-bond donors (Lipinski definition) is 2. The Hall–Kier alpha value is -2.08. The van der Waals surface area contributed by atoms with Gasteiger partial charge in [0.15, 0.2) is 5.11 Å². The van der Waals surface area contributed by atoms with Gasteiger partial charge in [0.25, 0.3) is 0 Å². The second-order valence-electron chi connectivity index (χ2n) is 6.81. The average molecular weight is 378 g/mol. The number of thiocarbonyl (C=S) groups is 1. The van der Waals surface area contributed by atoms with Gasteiger partial charge in [-0.05, 0) is 61.8 Å². The van der Waals surface area contributed by atoms with E-state index < -0.39 is 11.7 Å². The lowest BCUT2D eigenvalue weighted by Gasteiger charge is -2.32. The van der Waals surface area contributed by atoms with Crippen LogP contribution in [-0.4, -0.2) is 5.11 Å². The van der Waals surface area contributed by atoms with Gasteiger partial charge in [-0.25, -0.2) is 0 Å². The van der Waals surface area contributed by atoms with E-state index in [1.807, 2.05) is 0 Å². The third-order valence-corrected chi connectivity index (χ3v) is 5.09. The molecular weight excluding hydrogens is 357 g/mol. The van der Waals surface area contributed by atoms with E-state index in [0.29, 0.717) is 10.8 Å². The maximum absolute atomic E-state index is 12.7. The van der Waals surface area contributed by atoms with Crippen molar-refractivity contribution < 1.29 is 13.2 Å². The summed E-state index contributed by atoms with van der Waals surface area (Å²) in [5, 5.41) is 6.85. The van der Waals surface area contributed by atoms with Crippen LogP contribution in [0.1, 0.15) is 42.4 Å². The number of alkyl halides is 3. The molecule has 0 aromatic heterocycles. The Morgan fingerprint density at radius 1 is 0.962 bits per heavy atom. The number of anilines is 1. The zero-order valence-electron chi connectivity index (χ0n) is 14.5. The number of rotatable bonds is 3. The summed E-state index contributed by atoms with van der Waals surface area (Å²) in [7, 11) is 0. The summed E-state index contributed by atoms with van der Waals surface area (Å²) in [6, 6.07) is 13.3. The van der Waals surface area contributed by atoms with Gasteiger partial charge in [0.05, 0.1) is 11.1 Å². The minimum atomic E-state index is -4.34. The highest BCUT2D eigenvalue weighted by Crippen LogP contribution is 2.39. The summed E-state index contributed by atoms with van der Waals surface area (Å²) < 4.78 is 38.0. The standard InChI is InChI=1S/C20H21F3N2S/c1-14-4-6-15(7-5-14)19(12-2-3-13-19)25-18(26)24-17-10-8-16(9-11-17)20(21,22)23/h4-11H,2-3,12-13H2,1H3,(H2,24,25,26). The van der Waals surface area contributed by atoms with Gasteiger partial charge in [-0.2, -0.15) is 13.2 Å². The fourth-order valence-electron chi connectivity index (χ4n) is 3.46. The van der Waals surface area contributed by atoms with Crippen LogP contribution in [0.5, 0.6) is 0 Å². The maximum atomic E-state index is 12.7. The van der Waals surface area contributed by atoms with Crippen LogP contribution >= 0.6 is 12.2 Å². The first kappa shape index (κ1) is 18.7. The van der Waals surface area contributed by atoms with E-state index >= 15 is 0 Å². The minimum absolute atomic E-state index is 0.219. The van der Waals surface area contributed by atoms with E-state index in [-0.39, 0.29) is 5.54 Å². The van der Waals surface area contributed by atoms with Gasteiger partial charge in [-0.1, -0.05) is 42.7 Å². The van der Waals surface area contributed by atoms with Crippen LogP contribution in [0, 0.1) is 6.92 Å². The van der Waals surface area contributed by atoms with Gasteiger partial charge in [0, 0.05) is 5.69 Å². The monoisotopic (exact) mass is 378 g/mol. The molecule has 0 bridgehead atoms. The SMILES string of the molecule is Cc1ccc(C2(NC(=S)Nc3ccc(C(F)(F)F)cc3)CCCC2)cc1. The van der Waals surface area contributed by atoms with E-state index in [2.05, 4.69) is 41.8 Å². The molecule has 26 heavy (non-hydrogen) atoms. The molecule has 2 aromatic rings. The van der Waals surface area contributed by atoms with Crippen molar-refractivity contribution in [3.8, 4) is 0 Å². The molecular formula is C20H21F3N2S. The highest BCUT2D eigenvalue weighted by Gasteiger charge is 2.36. The van der Waals surface area contributed by atoms with Gasteiger partial charge in [0.2, 0.25) is 0 Å². The predicted octanol–water partition coefficient (Wildman–Crippen LogP) is 5.77. The number of benzene rings is 2. The molecule has 1 aliphatic carbocycles. The number of nitrogens with one attached hydrogen (secondary N) is 2. The summed E-state index contributed by atoms with van der Waals surface area (Å²) in [6.45, 7) is 2.05. The molecule has 2 N–H and O–H groups in total. The van der Waals surface area contributed by atoms with Crippen molar-refractivity contribution in [2.45, 2.75) is 44.3 Å². The maximum Gasteiger partial charge on any atom is 0.416 e. The molecule has 0 spiro atoms. The molecule has 1 saturated carbocycles. The number of hydrogen-bond acceptors (Lipinski definition) is 1. The Morgan fingerprint density at radius 3 is 2.08 bits per heavy atom. The molecule has 6 heteroatoms. The number of halogens is 3. The zero-order chi connectivity index (χ0) is 18.8. The lowest BCUT2D eigenvalue weighted by Crippen LogP contribution is -2.45. The van der Waals surface area contributed by atoms with E-state index in [0.717, 1.165) is 37.8 Å². The van der Waals surface area contributed by atoms with Crippen LogP contribution in [0.2, 0.25) is 0 Å². The topological polar surface area (TPSA) is 24.1 Å². The predicted molar refractivity (Wildman–Crippen MR) is 102 cm³/mol. The zero-order valence-corrected chi connectivity index (χ0v) is 15.3. The van der Waals surface area contributed by atoms with E-state index in [1.54, 1.807) is 0 Å². The van der Waals surface area contributed by atoms with Crippen LogP contribution < -0.4 is 10.6 Å². The van der Waals surface area contributed by atoms with Crippen molar-refractivity contribution in [3.05, 3.63) is 65.2 Å². The second kappa shape index (κ2) is 7.27. The first-order chi connectivity index (χ1) is 12.3. The van der Waals surface area contributed by atoms with Crippen molar-refractivity contribution in [2.24, 2.45) is 0 Å². The van der Waals surface area contributed by atoms with Crippen molar-refractivity contribution in [2.75, 3.05) is 5.32 Å². The first-order valence-corrected chi connectivity index (χ1v) is 9.03. The van der Waals surface area contributed by atoms with E-state index in [9.17, 15) is 13.2 Å². The summed E-state index contributed by atoms with van der Waals surface area (Å²) in [5.74, 6) is 0. The fourth-order valence-corrected chi connectivity index (χ4v) is 3.77. The largest absolute Gasteiger partial charge is 0.416 e. The van der Waals surface area contributed by atoms with Crippen LogP contribution in [0.25, 0.3) is 0 Å². The molecule has 0 aliphatic heterocycles. The molecule has 3 rings (SSSR count). The first-order valence-electron chi connectivity index (χ1n) is 8.62. The minimum Gasteiger partial charge on any atom is -0.353 e. The van der Waals surface area contributed by atoms with Crippen LogP contribution in [0.15, 0.2) is 48.5 Å². The van der Waals surface area contributed by atoms with Crippen molar-refractivity contribution in [1.29, 1.82) is 0 Å². The van der Waals surface area contributed by atoms with Crippen LogP contribution in [-0.2, 0) is 11.7 Å². The molecule has 0 atom stereocenters. The normalized spacial score (nSPS) is 16.3. The smallest absolute Gasteiger partial charge is 0.353 e. The third-order valence-electron chi connectivity index (χ3n) is 4.88. The van der Waals surface area contributed by atoms with Gasteiger partial charge >= 0.3 is 6.18 Å². The van der Waals surface area contributed by atoms with Crippen molar-refractivity contribution >= 4 is 23.0 Å². The van der Waals surface area contributed by atoms with Crippen LogP contribution in [0.3, 0.4) is 0 Å². The van der Waals surface area contributed by atoms with E-state index in [1.165, 1.54) is 23.3 Å². The Labute approximate surface area is 156 Å². The average Bonchev–Trinajstić information content (AvgIpc) is 3.04. The van der Waals surface area contributed by atoms with Crippen molar-refractivity contribution in [3.63, 3.8) is 0 Å². The van der Waals surface area contributed by atoms with E-state index in [4.69, 9.17) is 12.2 Å². The number of aryl methyl sites for hydroxylation is 1. The molecule has 1 aliphatic rings. The van der Waals surface area contributed by atoms with Crippen LogP contribution in [0.4, 0.5) is 18.9 Å². The molecule has 0 heterocycles. The Kier molecular flexibility index (Phi) is 5.23. The quantitative estimate of drug-likeness (QED) is 0.663. The molecule has 0 saturated heterocycles. The molecule has 1 fully saturated rings. The van der Waals surface area contributed by atoms with Crippen molar-refractivity contribution in [1.82, 2.24) is 5.32 Å². The summed E-state index contributed by atoms with van der Waals surface area (Å²) >= 11 is 5.43. The molecule has 0 radical (unpaired) electrons. The molecule has 0 amide bonds. The Bertz CT molecular complexity index is 761.